The van der Waals surface area contributed by atoms with E-state index in [0.717, 1.165) is 12.2 Å². The van der Waals surface area contributed by atoms with E-state index in [1.54, 1.807) is 6.07 Å². The highest BCUT2D eigenvalue weighted by Crippen LogP contribution is 2.26. The first kappa shape index (κ1) is 12.4. The normalized spacial score (nSPS) is 12.4. The Morgan fingerprint density at radius 3 is 2.82 bits per heavy atom. The molecule has 0 aliphatic carbocycles. The van der Waals surface area contributed by atoms with Gasteiger partial charge in [0.05, 0.1) is 6.04 Å². The fourth-order valence-corrected chi connectivity index (χ4v) is 2.72. The van der Waals surface area contributed by atoms with E-state index in [1.807, 2.05) is 23.5 Å². The van der Waals surface area contributed by atoms with Crippen molar-refractivity contribution < 1.29 is 0 Å². The van der Waals surface area contributed by atoms with Crippen LogP contribution in [0.15, 0.2) is 30.3 Å². The van der Waals surface area contributed by atoms with Gasteiger partial charge in [-0.15, -0.1) is 11.3 Å². The van der Waals surface area contributed by atoms with Gasteiger partial charge in [0.1, 0.15) is 11.0 Å². The number of halogens is 1. The van der Waals surface area contributed by atoms with Crippen molar-refractivity contribution in [1.29, 1.82) is 0 Å². The van der Waals surface area contributed by atoms with E-state index in [4.69, 9.17) is 11.6 Å². The van der Waals surface area contributed by atoms with Crippen LogP contribution in [0, 0.1) is 0 Å². The van der Waals surface area contributed by atoms with Crippen molar-refractivity contribution in [3.05, 3.63) is 45.2 Å². The van der Waals surface area contributed by atoms with Crippen LogP contribution in [0.1, 0.15) is 29.6 Å². The molecule has 1 N–H and O–H groups in total. The molecule has 2 nitrogen and oxygen atoms in total. The van der Waals surface area contributed by atoms with Gasteiger partial charge in [-0.3, -0.25) is 0 Å². The van der Waals surface area contributed by atoms with Crippen LogP contribution in [0.25, 0.3) is 0 Å². The topological polar surface area (TPSA) is 24.9 Å². The molecule has 0 spiro atoms. The van der Waals surface area contributed by atoms with Crippen LogP contribution in [-0.2, 0) is 6.42 Å². The maximum atomic E-state index is 5.85. The Hall–Kier alpha value is -1.06. The molecule has 90 valence electrons. The van der Waals surface area contributed by atoms with Crippen LogP contribution >= 0.6 is 22.9 Å². The second-order valence-corrected chi connectivity index (χ2v) is 5.46. The third-order valence-corrected chi connectivity index (χ3v) is 4.16. The molecule has 0 amide bonds. The van der Waals surface area contributed by atoms with Gasteiger partial charge in [-0.2, -0.15) is 0 Å². The molecule has 0 aromatic carbocycles. The molecule has 2 heterocycles. The van der Waals surface area contributed by atoms with Crippen LogP contribution in [-0.4, -0.2) is 4.98 Å². The van der Waals surface area contributed by atoms with Gasteiger partial charge in [-0.25, -0.2) is 4.98 Å². The minimum Gasteiger partial charge on any atom is -0.363 e. The zero-order valence-corrected chi connectivity index (χ0v) is 11.5. The minimum absolute atomic E-state index is 0.256. The predicted octanol–water partition coefficient (Wildman–Crippen LogP) is 4.53. The molecule has 0 fully saturated rings. The summed E-state index contributed by atoms with van der Waals surface area (Å²) in [4.78, 5) is 6.96. The van der Waals surface area contributed by atoms with Crippen molar-refractivity contribution in [1.82, 2.24) is 4.98 Å². The standard InChI is InChI=1S/C13H15ClN2S/c1-3-10-7-8-11(17-10)9(2)15-13-6-4-5-12(14)16-13/h4-9H,3H2,1-2H3,(H,15,16). The SMILES string of the molecule is CCc1ccc(C(C)Nc2cccc(Cl)n2)s1. The molecular weight excluding hydrogens is 252 g/mol. The van der Waals surface area contributed by atoms with Gasteiger partial charge < -0.3 is 5.32 Å². The summed E-state index contributed by atoms with van der Waals surface area (Å²) in [6, 6.07) is 10.2. The molecule has 0 aliphatic rings. The maximum Gasteiger partial charge on any atom is 0.131 e. The second-order valence-electron chi connectivity index (χ2n) is 3.87. The minimum atomic E-state index is 0.256. The number of nitrogens with zero attached hydrogens (tertiary/aromatic N) is 1. The summed E-state index contributed by atoms with van der Waals surface area (Å²) >= 11 is 7.69. The Kier molecular flexibility index (Phi) is 4.02. The van der Waals surface area contributed by atoms with Crippen molar-refractivity contribution in [2.75, 3.05) is 5.32 Å². The van der Waals surface area contributed by atoms with Crippen molar-refractivity contribution in [3.8, 4) is 0 Å². The van der Waals surface area contributed by atoms with Gasteiger partial charge in [0.15, 0.2) is 0 Å². The van der Waals surface area contributed by atoms with E-state index < -0.39 is 0 Å². The number of anilines is 1. The van der Waals surface area contributed by atoms with E-state index in [-0.39, 0.29) is 6.04 Å². The molecule has 2 rings (SSSR count). The number of aromatic nitrogens is 1. The molecule has 1 atom stereocenters. The maximum absolute atomic E-state index is 5.85. The molecule has 0 radical (unpaired) electrons. The smallest absolute Gasteiger partial charge is 0.131 e. The first-order valence-electron chi connectivity index (χ1n) is 5.66. The first-order valence-corrected chi connectivity index (χ1v) is 6.86. The lowest BCUT2D eigenvalue weighted by molar-refractivity contribution is 0.896. The molecule has 0 saturated carbocycles. The lowest BCUT2D eigenvalue weighted by Crippen LogP contribution is -2.06. The summed E-state index contributed by atoms with van der Waals surface area (Å²) in [6.07, 6.45) is 1.09. The van der Waals surface area contributed by atoms with Gasteiger partial charge in [0.25, 0.3) is 0 Å². The quantitative estimate of drug-likeness (QED) is 0.823. The van der Waals surface area contributed by atoms with E-state index in [1.165, 1.54) is 9.75 Å². The Balaban J connectivity index is 2.08. The Labute approximate surface area is 111 Å². The molecule has 2 aromatic rings. The van der Waals surface area contributed by atoms with E-state index in [0.29, 0.717) is 5.15 Å². The molecule has 0 aliphatic heterocycles. The fraction of sp³-hybridized carbons (Fsp3) is 0.308. The summed E-state index contributed by atoms with van der Waals surface area (Å²) in [5.41, 5.74) is 0. The third kappa shape index (κ3) is 3.20. The van der Waals surface area contributed by atoms with Gasteiger partial charge in [-0.1, -0.05) is 24.6 Å². The van der Waals surface area contributed by atoms with Crippen molar-refractivity contribution in [3.63, 3.8) is 0 Å². The summed E-state index contributed by atoms with van der Waals surface area (Å²) in [5.74, 6) is 0.816. The zero-order chi connectivity index (χ0) is 12.3. The van der Waals surface area contributed by atoms with Gasteiger partial charge in [-0.05, 0) is 37.6 Å². The highest BCUT2D eigenvalue weighted by atomic mass is 35.5. The largest absolute Gasteiger partial charge is 0.363 e. The van der Waals surface area contributed by atoms with Crippen LogP contribution in [0.4, 0.5) is 5.82 Å². The third-order valence-electron chi connectivity index (χ3n) is 2.54. The Morgan fingerprint density at radius 1 is 1.35 bits per heavy atom. The van der Waals surface area contributed by atoms with Crippen LogP contribution in [0.3, 0.4) is 0 Å². The Morgan fingerprint density at radius 2 is 2.18 bits per heavy atom. The molecule has 2 aromatic heterocycles. The number of thiophene rings is 1. The fourth-order valence-electron chi connectivity index (χ4n) is 1.60. The van der Waals surface area contributed by atoms with Crippen molar-refractivity contribution in [2.24, 2.45) is 0 Å². The molecule has 0 bridgehead atoms. The Bertz CT molecular complexity index is 496. The average molecular weight is 267 g/mol. The van der Waals surface area contributed by atoms with Crippen molar-refractivity contribution in [2.45, 2.75) is 26.3 Å². The zero-order valence-electron chi connectivity index (χ0n) is 9.90. The van der Waals surface area contributed by atoms with E-state index in [9.17, 15) is 0 Å². The second kappa shape index (κ2) is 5.52. The molecule has 0 saturated heterocycles. The van der Waals surface area contributed by atoms with Crippen LogP contribution in [0.5, 0.6) is 0 Å². The highest BCUT2D eigenvalue weighted by molar-refractivity contribution is 7.12. The summed E-state index contributed by atoms with van der Waals surface area (Å²) in [7, 11) is 0. The van der Waals surface area contributed by atoms with Crippen molar-refractivity contribution >= 4 is 28.8 Å². The monoisotopic (exact) mass is 266 g/mol. The summed E-state index contributed by atoms with van der Waals surface area (Å²) < 4.78 is 0. The summed E-state index contributed by atoms with van der Waals surface area (Å²) in [5, 5.41) is 3.87. The average Bonchev–Trinajstić information content (AvgIpc) is 2.77. The molecule has 17 heavy (non-hydrogen) atoms. The predicted molar refractivity (Wildman–Crippen MR) is 75.0 cm³/mol. The number of hydrogen-bond donors (Lipinski definition) is 1. The highest BCUT2D eigenvalue weighted by Gasteiger charge is 2.08. The van der Waals surface area contributed by atoms with Crippen LogP contribution < -0.4 is 5.32 Å². The van der Waals surface area contributed by atoms with Gasteiger partial charge in [0.2, 0.25) is 0 Å². The van der Waals surface area contributed by atoms with E-state index in [2.05, 4.69) is 36.3 Å². The molecule has 1 unspecified atom stereocenters. The molecular formula is C13H15ClN2S. The number of aryl methyl sites for hydroxylation is 1. The first-order chi connectivity index (χ1) is 8.19. The van der Waals surface area contributed by atoms with Gasteiger partial charge >= 0.3 is 0 Å². The number of hydrogen-bond acceptors (Lipinski definition) is 3. The van der Waals surface area contributed by atoms with Gasteiger partial charge in [0, 0.05) is 9.75 Å². The number of rotatable bonds is 4. The van der Waals surface area contributed by atoms with Crippen LogP contribution in [0.2, 0.25) is 5.15 Å². The van der Waals surface area contributed by atoms with E-state index >= 15 is 0 Å². The lowest BCUT2D eigenvalue weighted by atomic mass is 10.2. The number of pyridine rings is 1. The molecule has 4 heteroatoms. The number of nitrogens with one attached hydrogen (secondary N) is 1. The lowest BCUT2D eigenvalue weighted by Gasteiger charge is -2.12. The summed E-state index contributed by atoms with van der Waals surface area (Å²) in [6.45, 7) is 4.31.